The lowest BCUT2D eigenvalue weighted by Crippen LogP contribution is -2.43. The van der Waals surface area contributed by atoms with Crippen molar-refractivity contribution < 1.29 is 4.79 Å². The number of hydrogen-bond donors (Lipinski definition) is 0. The van der Waals surface area contributed by atoms with Crippen LogP contribution in [-0.2, 0) is 4.79 Å². The molecule has 0 radical (unpaired) electrons. The Balaban J connectivity index is 2.09. The van der Waals surface area contributed by atoms with Crippen LogP contribution in [0.25, 0.3) is 0 Å². The highest BCUT2D eigenvalue weighted by Gasteiger charge is 2.27. The summed E-state index contributed by atoms with van der Waals surface area (Å²) in [7, 11) is 0. The van der Waals surface area contributed by atoms with Crippen LogP contribution in [0.2, 0.25) is 0 Å². The first-order chi connectivity index (χ1) is 8.99. The first-order valence-corrected chi connectivity index (χ1v) is 7.41. The van der Waals surface area contributed by atoms with E-state index >= 15 is 0 Å². The number of carbonyl (C=O) groups excluding carboxylic acids is 1. The Labute approximate surface area is 117 Å². The van der Waals surface area contributed by atoms with Gasteiger partial charge in [-0.3, -0.25) is 9.69 Å². The number of allylic oxidation sites excluding steroid dienone is 3. The third-order valence-electron chi connectivity index (χ3n) is 4.24. The Morgan fingerprint density at radius 3 is 2.58 bits per heavy atom. The molecule has 1 fully saturated rings. The number of nitrogens with zero attached hydrogens (tertiary/aromatic N) is 2. The van der Waals surface area contributed by atoms with Gasteiger partial charge in [0.2, 0.25) is 5.91 Å². The number of carbonyl (C=O) groups is 1. The molecule has 0 saturated carbocycles. The van der Waals surface area contributed by atoms with Gasteiger partial charge >= 0.3 is 0 Å². The Hall–Kier alpha value is -1.09. The van der Waals surface area contributed by atoms with Gasteiger partial charge in [0, 0.05) is 18.3 Å². The van der Waals surface area contributed by atoms with Gasteiger partial charge in [0.15, 0.2) is 0 Å². The van der Waals surface area contributed by atoms with Crippen LogP contribution in [0, 0.1) is 5.92 Å². The summed E-state index contributed by atoms with van der Waals surface area (Å²) in [6.45, 7) is 11.5. The van der Waals surface area contributed by atoms with E-state index in [1.54, 1.807) is 0 Å². The second kappa shape index (κ2) is 5.91. The molecule has 0 bridgehead atoms. The summed E-state index contributed by atoms with van der Waals surface area (Å²) in [4.78, 5) is 16.9. The zero-order valence-corrected chi connectivity index (χ0v) is 12.6. The summed E-state index contributed by atoms with van der Waals surface area (Å²) in [5, 5.41) is 0. The fourth-order valence-corrected chi connectivity index (χ4v) is 3.14. The minimum Gasteiger partial charge on any atom is -0.314 e. The van der Waals surface area contributed by atoms with Crippen LogP contribution in [0.5, 0.6) is 0 Å². The van der Waals surface area contributed by atoms with Gasteiger partial charge in [-0.1, -0.05) is 18.6 Å². The molecule has 2 unspecified atom stereocenters. The smallest absolute Gasteiger partial charge is 0.233 e. The molecular weight excluding hydrogens is 236 g/mol. The highest BCUT2D eigenvalue weighted by atomic mass is 16.2. The summed E-state index contributed by atoms with van der Waals surface area (Å²) in [6.07, 6.45) is 6.78. The van der Waals surface area contributed by atoms with E-state index in [2.05, 4.69) is 30.9 Å². The van der Waals surface area contributed by atoms with Crippen molar-refractivity contribution in [2.75, 3.05) is 19.6 Å². The third-order valence-corrected chi connectivity index (χ3v) is 4.24. The number of likely N-dealkylation sites (tertiary alicyclic amines) is 1. The zero-order valence-electron chi connectivity index (χ0n) is 12.6. The van der Waals surface area contributed by atoms with E-state index in [-0.39, 0.29) is 11.8 Å². The minimum absolute atomic E-state index is 0.0144. The number of amides is 1. The molecule has 2 aliphatic heterocycles. The van der Waals surface area contributed by atoms with Crippen LogP contribution in [0.3, 0.4) is 0 Å². The van der Waals surface area contributed by atoms with Crippen molar-refractivity contribution in [2.24, 2.45) is 5.92 Å². The van der Waals surface area contributed by atoms with Gasteiger partial charge in [-0.15, -0.1) is 0 Å². The summed E-state index contributed by atoms with van der Waals surface area (Å²) >= 11 is 0. The minimum atomic E-state index is -0.0144. The molecule has 0 spiro atoms. The van der Waals surface area contributed by atoms with E-state index in [1.807, 2.05) is 18.7 Å². The van der Waals surface area contributed by atoms with Gasteiger partial charge < -0.3 is 4.90 Å². The summed E-state index contributed by atoms with van der Waals surface area (Å²) in [6, 6.07) is 0.445. The predicted molar refractivity (Wildman–Crippen MR) is 78.7 cm³/mol. The molecule has 3 heteroatoms. The lowest BCUT2D eigenvalue weighted by Gasteiger charge is -2.31. The van der Waals surface area contributed by atoms with E-state index in [9.17, 15) is 4.79 Å². The molecule has 2 heterocycles. The lowest BCUT2D eigenvalue weighted by molar-refractivity contribution is -0.132. The van der Waals surface area contributed by atoms with Crippen molar-refractivity contribution in [3.8, 4) is 0 Å². The molecule has 0 aromatic heterocycles. The van der Waals surface area contributed by atoms with E-state index in [0.717, 1.165) is 12.2 Å². The maximum Gasteiger partial charge on any atom is 0.233 e. The number of hydrogen-bond acceptors (Lipinski definition) is 2. The zero-order chi connectivity index (χ0) is 14.0. The van der Waals surface area contributed by atoms with Crippen molar-refractivity contribution in [1.29, 1.82) is 0 Å². The maximum absolute atomic E-state index is 12.5. The molecule has 0 aromatic carbocycles. The quantitative estimate of drug-likeness (QED) is 0.781. The summed E-state index contributed by atoms with van der Waals surface area (Å²) in [5.41, 5.74) is 2.27. The van der Waals surface area contributed by atoms with Crippen molar-refractivity contribution in [3.05, 3.63) is 23.4 Å². The molecule has 0 N–H and O–H groups in total. The highest BCUT2D eigenvalue weighted by Crippen LogP contribution is 2.21. The summed E-state index contributed by atoms with van der Waals surface area (Å²) < 4.78 is 0. The van der Waals surface area contributed by atoms with Crippen molar-refractivity contribution in [1.82, 2.24) is 9.80 Å². The van der Waals surface area contributed by atoms with Gasteiger partial charge in [0.05, 0.1) is 5.92 Å². The van der Waals surface area contributed by atoms with Crippen LogP contribution in [0.15, 0.2) is 23.4 Å². The predicted octanol–water partition coefficient (Wildman–Crippen LogP) is 2.80. The highest BCUT2D eigenvalue weighted by molar-refractivity contribution is 5.82. The topological polar surface area (TPSA) is 23.6 Å². The Kier molecular flexibility index (Phi) is 4.46. The molecule has 106 valence electrons. The first kappa shape index (κ1) is 14.3. The van der Waals surface area contributed by atoms with Gasteiger partial charge in [-0.2, -0.15) is 0 Å². The van der Waals surface area contributed by atoms with E-state index in [4.69, 9.17) is 0 Å². The molecule has 1 amide bonds. The second-order valence-corrected chi connectivity index (χ2v) is 6.03. The van der Waals surface area contributed by atoms with Gasteiger partial charge in [0.25, 0.3) is 0 Å². The van der Waals surface area contributed by atoms with Crippen molar-refractivity contribution >= 4 is 5.91 Å². The van der Waals surface area contributed by atoms with Gasteiger partial charge in [-0.05, 0) is 52.8 Å². The molecule has 1 saturated heterocycles. The van der Waals surface area contributed by atoms with Crippen LogP contribution < -0.4 is 0 Å². The molecule has 2 rings (SSSR count). The molecular formula is C16H26N2O. The van der Waals surface area contributed by atoms with Crippen LogP contribution in [-0.4, -0.2) is 41.4 Å². The first-order valence-electron chi connectivity index (χ1n) is 7.41. The molecule has 3 nitrogen and oxygen atoms in total. The molecule has 2 aliphatic rings. The summed E-state index contributed by atoms with van der Waals surface area (Å²) in [5.74, 6) is 0.219. The Morgan fingerprint density at radius 1 is 1.32 bits per heavy atom. The van der Waals surface area contributed by atoms with Crippen LogP contribution in [0.1, 0.15) is 40.5 Å². The molecule has 0 aromatic rings. The van der Waals surface area contributed by atoms with Crippen molar-refractivity contribution in [2.45, 2.75) is 46.6 Å². The van der Waals surface area contributed by atoms with Crippen LogP contribution in [0.4, 0.5) is 0 Å². The van der Waals surface area contributed by atoms with E-state index in [0.29, 0.717) is 6.04 Å². The van der Waals surface area contributed by atoms with Crippen LogP contribution >= 0.6 is 0 Å². The van der Waals surface area contributed by atoms with Gasteiger partial charge in [-0.25, -0.2) is 0 Å². The fraction of sp³-hybridized carbons (Fsp3) is 0.688. The molecule has 2 atom stereocenters. The monoisotopic (exact) mass is 262 g/mol. The largest absolute Gasteiger partial charge is 0.314 e. The number of rotatable bonds is 3. The average molecular weight is 262 g/mol. The SMILES string of the molecule is CC1=CC(C)C(=O)N(CC(C)N2CCCC2)C(C)=C1. The third kappa shape index (κ3) is 3.27. The normalized spacial score (nSPS) is 27.1. The second-order valence-electron chi connectivity index (χ2n) is 6.03. The Morgan fingerprint density at radius 2 is 1.95 bits per heavy atom. The van der Waals surface area contributed by atoms with Gasteiger partial charge in [0.1, 0.15) is 0 Å². The molecule has 0 aliphatic carbocycles. The van der Waals surface area contributed by atoms with E-state index < -0.39 is 0 Å². The Bertz CT molecular complexity index is 405. The lowest BCUT2D eigenvalue weighted by atomic mass is 10.1. The maximum atomic E-state index is 12.5. The van der Waals surface area contributed by atoms with E-state index in [1.165, 1.54) is 31.5 Å². The fourth-order valence-electron chi connectivity index (χ4n) is 3.14. The average Bonchev–Trinajstić information content (AvgIpc) is 2.85. The van der Waals surface area contributed by atoms with Crippen molar-refractivity contribution in [3.63, 3.8) is 0 Å². The molecule has 19 heavy (non-hydrogen) atoms. The standard InChI is InChI=1S/C16H26N2O/c1-12-9-13(2)16(19)18(14(3)10-12)11-15(4)17-7-5-6-8-17/h9-10,13,15H,5-8,11H2,1-4H3.